The molecule has 0 radical (unpaired) electrons. The maximum atomic E-state index is 14.0. The second kappa shape index (κ2) is 9.16. The molecular formula is C21H22FN7O2. The van der Waals surface area contributed by atoms with E-state index in [-0.39, 0.29) is 18.3 Å². The van der Waals surface area contributed by atoms with Crippen LogP contribution in [-0.4, -0.2) is 37.8 Å². The van der Waals surface area contributed by atoms with Gasteiger partial charge in [0.25, 0.3) is 0 Å². The van der Waals surface area contributed by atoms with E-state index in [1.165, 1.54) is 20.1 Å². The number of hydrogen-bond donors (Lipinski definition) is 2. The number of aromatic nitrogens is 5. The van der Waals surface area contributed by atoms with Gasteiger partial charge in [-0.15, -0.1) is 0 Å². The molecule has 31 heavy (non-hydrogen) atoms. The summed E-state index contributed by atoms with van der Waals surface area (Å²) in [6, 6.07) is 10.2. The van der Waals surface area contributed by atoms with Crippen molar-refractivity contribution in [2.75, 3.05) is 18.6 Å². The number of methoxy groups -OCH3 is 1. The lowest BCUT2D eigenvalue weighted by molar-refractivity contribution is -0.137. The fraction of sp³-hybridized carbons (Fsp3) is 0.190. The summed E-state index contributed by atoms with van der Waals surface area (Å²) in [7, 11) is 1.35. The number of carbonyl (C=O) groups is 1. The van der Waals surface area contributed by atoms with Gasteiger partial charge in [-0.3, -0.25) is 4.79 Å². The van der Waals surface area contributed by atoms with E-state index in [2.05, 4.69) is 24.8 Å². The molecule has 0 saturated carbocycles. The quantitative estimate of drug-likeness (QED) is 0.480. The molecule has 9 nitrogen and oxygen atoms in total. The molecule has 0 aliphatic heterocycles. The largest absolute Gasteiger partial charge is 0.469 e. The Hall–Kier alpha value is -4.08. The molecule has 160 valence electrons. The van der Waals surface area contributed by atoms with E-state index >= 15 is 0 Å². The molecule has 3 aromatic heterocycles. The average Bonchev–Trinajstić information content (AvgIpc) is 3.12. The maximum absolute atomic E-state index is 14.0. The molecule has 0 aliphatic carbocycles. The van der Waals surface area contributed by atoms with Gasteiger partial charge in [0.1, 0.15) is 23.1 Å². The van der Waals surface area contributed by atoms with Gasteiger partial charge >= 0.3 is 5.97 Å². The SMILES string of the molecule is COC(C)=O.Cc1c(N)nc(-c2nn(Cc3ccccc3F)c3ncccc23)nc1N. The number of nitrogen functional groups attached to an aromatic ring is 2. The molecule has 4 N–H and O–H groups in total. The highest BCUT2D eigenvalue weighted by Gasteiger charge is 2.18. The Balaban J connectivity index is 0.000000491. The van der Waals surface area contributed by atoms with Gasteiger partial charge in [-0.05, 0) is 25.1 Å². The van der Waals surface area contributed by atoms with Gasteiger partial charge in [0, 0.05) is 24.2 Å². The van der Waals surface area contributed by atoms with Crippen molar-refractivity contribution >= 4 is 28.6 Å². The number of esters is 1. The van der Waals surface area contributed by atoms with Gasteiger partial charge in [-0.25, -0.2) is 24.0 Å². The van der Waals surface area contributed by atoms with Crippen molar-refractivity contribution in [3.05, 3.63) is 59.5 Å². The van der Waals surface area contributed by atoms with Crippen LogP contribution in [0, 0.1) is 12.7 Å². The third-order valence-electron chi connectivity index (χ3n) is 4.51. The minimum atomic E-state index is -0.297. The fourth-order valence-corrected chi connectivity index (χ4v) is 2.73. The van der Waals surface area contributed by atoms with Crippen LogP contribution in [0.4, 0.5) is 16.0 Å². The van der Waals surface area contributed by atoms with Gasteiger partial charge in [-0.1, -0.05) is 18.2 Å². The molecule has 3 heterocycles. The fourth-order valence-electron chi connectivity index (χ4n) is 2.73. The van der Waals surface area contributed by atoms with E-state index < -0.39 is 0 Å². The lowest BCUT2D eigenvalue weighted by Crippen LogP contribution is -2.06. The lowest BCUT2D eigenvalue weighted by atomic mass is 10.2. The number of carbonyl (C=O) groups excluding carboxylic acids is 1. The lowest BCUT2D eigenvalue weighted by Gasteiger charge is -2.05. The molecule has 0 bridgehead atoms. The number of halogens is 1. The molecule has 1 aromatic carbocycles. The first-order chi connectivity index (χ1) is 14.8. The Bertz CT molecular complexity index is 1220. The smallest absolute Gasteiger partial charge is 0.302 e. The van der Waals surface area contributed by atoms with Crippen LogP contribution >= 0.6 is 0 Å². The molecule has 10 heteroatoms. The zero-order chi connectivity index (χ0) is 22.5. The summed E-state index contributed by atoms with van der Waals surface area (Å²) in [6.07, 6.45) is 1.66. The Labute approximate surface area is 177 Å². The number of hydrogen-bond acceptors (Lipinski definition) is 8. The molecule has 0 fully saturated rings. The van der Waals surface area contributed by atoms with Crippen LogP contribution in [0.1, 0.15) is 18.1 Å². The van der Waals surface area contributed by atoms with E-state index in [4.69, 9.17) is 11.5 Å². The molecule has 0 amide bonds. The first-order valence-electron chi connectivity index (χ1n) is 9.31. The first kappa shape index (κ1) is 21.6. The summed E-state index contributed by atoms with van der Waals surface area (Å²) in [5.41, 5.74) is 14.1. The van der Waals surface area contributed by atoms with Crippen molar-refractivity contribution in [3.63, 3.8) is 0 Å². The normalized spacial score (nSPS) is 10.5. The Morgan fingerprint density at radius 2 is 1.77 bits per heavy atom. The Morgan fingerprint density at radius 1 is 1.13 bits per heavy atom. The molecule has 0 aliphatic rings. The van der Waals surface area contributed by atoms with Crippen LogP contribution in [0.2, 0.25) is 0 Å². The summed E-state index contributed by atoms with van der Waals surface area (Å²) in [5.74, 6) is 0.371. The van der Waals surface area contributed by atoms with Gasteiger partial charge in [0.05, 0.1) is 19.0 Å². The van der Waals surface area contributed by atoms with Crippen molar-refractivity contribution in [2.45, 2.75) is 20.4 Å². The standard InChI is InChI=1S/C18H16FN7.C3H6O2/c1-10-15(20)23-17(24-16(10)21)14-12-6-4-8-22-18(12)26(25-14)9-11-5-2-3-7-13(11)19;1-3(4)5-2/h2-8H,9H2,1H3,(H4,20,21,23,24);1-2H3. The Kier molecular flexibility index (Phi) is 6.39. The maximum Gasteiger partial charge on any atom is 0.302 e. The monoisotopic (exact) mass is 423 g/mol. The van der Waals surface area contributed by atoms with Gasteiger partial charge < -0.3 is 16.2 Å². The van der Waals surface area contributed by atoms with Crippen molar-refractivity contribution in [1.29, 1.82) is 0 Å². The second-order valence-electron chi connectivity index (χ2n) is 6.61. The number of ether oxygens (including phenoxy) is 1. The number of benzene rings is 1. The van der Waals surface area contributed by atoms with Crippen molar-refractivity contribution in [2.24, 2.45) is 0 Å². The minimum Gasteiger partial charge on any atom is -0.469 e. The minimum absolute atomic E-state index is 0.233. The van der Waals surface area contributed by atoms with Gasteiger partial charge in [0.2, 0.25) is 0 Å². The molecule has 4 rings (SSSR count). The summed E-state index contributed by atoms with van der Waals surface area (Å²) in [6.45, 7) is 3.35. The van der Waals surface area contributed by atoms with Gasteiger partial charge in [0.15, 0.2) is 11.5 Å². The van der Waals surface area contributed by atoms with E-state index in [9.17, 15) is 9.18 Å². The summed E-state index contributed by atoms with van der Waals surface area (Å²) in [4.78, 5) is 22.6. The Morgan fingerprint density at radius 3 is 2.39 bits per heavy atom. The van der Waals surface area contributed by atoms with Crippen LogP contribution in [0.15, 0.2) is 42.6 Å². The number of nitrogens with zero attached hydrogens (tertiary/aromatic N) is 5. The zero-order valence-corrected chi connectivity index (χ0v) is 17.3. The van der Waals surface area contributed by atoms with Gasteiger partial charge in [-0.2, -0.15) is 5.10 Å². The third kappa shape index (κ3) is 4.74. The highest BCUT2D eigenvalue weighted by molar-refractivity contribution is 5.89. The van der Waals surface area contributed by atoms with E-state index in [1.807, 2.05) is 6.07 Å². The highest BCUT2D eigenvalue weighted by Crippen LogP contribution is 2.27. The number of anilines is 2. The van der Waals surface area contributed by atoms with E-state index in [1.54, 1.807) is 42.1 Å². The third-order valence-corrected chi connectivity index (χ3v) is 4.51. The summed E-state index contributed by atoms with van der Waals surface area (Å²) < 4.78 is 19.8. The second-order valence-corrected chi connectivity index (χ2v) is 6.61. The van der Waals surface area contributed by atoms with E-state index in [0.717, 1.165) is 5.39 Å². The van der Waals surface area contributed by atoms with Crippen LogP contribution in [0.5, 0.6) is 0 Å². The van der Waals surface area contributed by atoms with Crippen LogP contribution in [0.3, 0.4) is 0 Å². The van der Waals surface area contributed by atoms with Crippen molar-refractivity contribution < 1.29 is 13.9 Å². The predicted octanol–water partition coefficient (Wildman–Crippen LogP) is 2.73. The van der Waals surface area contributed by atoms with Crippen LogP contribution in [0.25, 0.3) is 22.6 Å². The molecule has 0 atom stereocenters. The average molecular weight is 423 g/mol. The van der Waals surface area contributed by atoms with Crippen molar-refractivity contribution in [1.82, 2.24) is 24.7 Å². The number of pyridine rings is 1. The zero-order valence-electron chi connectivity index (χ0n) is 17.3. The summed E-state index contributed by atoms with van der Waals surface area (Å²) >= 11 is 0. The number of fused-ring (bicyclic) bond motifs is 1. The highest BCUT2D eigenvalue weighted by atomic mass is 19.1. The molecule has 4 aromatic rings. The molecular weight excluding hydrogens is 401 g/mol. The molecule has 0 unspecified atom stereocenters. The van der Waals surface area contributed by atoms with Crippen LogP contribution < -0.4 is 11.5 Å². The molecule has 0 saturated heterocycles. The van der Waals surface area contributed by atoms with Crippen LogP contribution in [-0.2, 0) is 16.1 Å². The number of rotatable bonds is 3. The van der Waals surface area contributed by atoms with Crippen molar-refractivity contribution in [3.8, 4) is 11.5 Å². The molecule has 0 spiro atoms. The predicted molar refractivity (Wildman–Crippen MR) is 115 cm³/mol. The number of nitrogens with two attached hydrogens (primary N) is 2. The first-order valence-corrected chi connectivity index (χ1v) is 9.31. The topological polar surface area (TPSA) is 135 Å². The van der Waals surface area contributed by atoms with E-state index in [0.29, 0.717) is 39.9 Å². The summed E-state index contributed by atoms with van der Waals surface area (Å²) in [5, 5.41) is 5.30.